The Morgan fingerprint density at radius 2 is 2.06 bits per heavy atom. The summed E-state index contributed by atoms with van der Waals surface area (Å²) in [7, 11) is 0. The maximum atomic E-state index is 11.8. The van der Waals surface area contributed by atoms with E-state index in [1.807, 2.05) is 30.3 Å². The number of rotatable bonds is 5. The number of carbonyl (C=O) groups is 1. The van der Waals surface area contributed by atoms with Crippen molar-refractivity contribution in [3.8, 4) is 0 Å². The highest BCUT2D eigenvalue weighted by Gasteiger charge is 2.33. The van der Waals surface area contributed by atoms with Crippen molar-refractivity contribution < 1.29 is 14.6 Å². The smallest absolute Gasteiger partial charge is 0.410 e. The molecule has 1 amide bonds. The maximum absolute atomic E-state index is 11.8. The summed E-state index contributed by atoms with van der Waals surface area (Å²) < 4.78 is 4.96. The van der Waals surface area contributed by atoms with Crippen LogP contribution in [-0.2, 0) is 11.3 Å². The van der Waals surface area contributed by atoms with Gasteiger partial charge in [-0.3, -0.25) is 0 Å². The fraction of sp³-hybridized carbons (Fsp3) is 0.462. The van der Waals surface area contributed by atoms with Crippen molar-refractivity contribution in [3.63, 3.8) is 0 Å². The van der Waals surface area contributed by atoms with Crippen LogP contribution in [0.4, 0.5) is 4.79 Å². The minimum absolute atomic E-state index is 0.0663. The normalized spacial score (nSPS) is 14.4. The predicted octanol–water partition coefficient (Wildman–Crippen LogP) is 1.78. The molecule has 4 nitrogen and oxygen atoms in total. The van der Waals surface area contributed by atoms with Crippen molar-refractivity contribution >= 4 is 6.09 Å². The largest absolute Gasteiger partial charge is 0.447 e. The average Bonchev–Trinajstić information content (AvgIpc) is 3.18. The van der Waals surface area contributed by atoms with E-state index in [0.29, 0.717) is 12.6 Å². The van der Waals surface area contributed by atoms with Gasteiger partial charge in [0.15, 0.2) is 0 Å². The zero-order valence-electron chi connectivity index (χ0n) is 9.71. The molecule has 1 aliphatic carbocycles. The van der Waals surface area contributed by atoms with E-state index in [1.165, 1.54) is 0 Å². The molecule has 1 saturated carbocycles. The fourth-order valence-corrected chi connectivity index (χ4v) is 1.72. The number of carbonyl (C=O) groups excluding carboxylic acids is 1. The van der Waals surface area contributed by atoms with Crippen LogP contribution in [-0.4, -0.2) is 35.4 Å². The third-order valence-electron chi connectivity index (χ3n) is 2.73. The van der Waals surface area contributed by atoms with Gasteiger partial charge in [-0.25, -0.2) is 4.79 Å². The van der Waals surface area contributed by atoms with Gasteiger partial charge in [0.1, 0.15) is 6.61 Å². The molecule has 0 aromatic heterocycles. The van der Waals surface area contributed by atoms with Gasteiger partial charge in [-0.05, 0) is 18.4 Å². The molecule has 0 saturated heterocycles. The molecule has 2 rings (SSSR count). The Labute approximate surface area is 101 Å². The third kappa shape index (κ3) is 3.46. The van der Waals surface area contributed by atoms with Gasteiger partial charge in [0, 0.05) is 12.6 Å². The number of ether oxygens (including phenoxy) is 1. The molecule has 17 heavy (non-hydrogen) atoms. The standard InChI is InChI=1S/C13H17NO3/c15-8-9-17-13(16)14(12-6-7-12)10-11-4-2-1-3-5-11/h1-5,12,15H,6-10H2. The molecule has 4 heteroatoms. The SMILES string of the molecule is O=C(OCCO)N(Cc1ccccc1)C1CC1. The molecule has 0 aliphatic heterocycles. The van der Waals surface area contributed by atoms with Gasteiger partial charge in [-0.1, -0.05) is 30.3 Å². The number of nitrogens with zero attached hydrogens (tertiary/aromatic N) is 1. The van der Waals surface area contributed by atoms with Crippen molar-refractivity contribution in [2.75, 3.05) is 13.2 Å². The van der Waals surface area contributed by atoms with Crippen LogP contribution in [0.15, 0.2) is 30.3 Å². The summed E-state index contributed by atoms with van der Waals surface area (Å²) in [5.41, 5.74) is 1.10. The minimum atomic E-state index is -0.328. The summed E-state index contributed by atoms with van der Waals surface area (Å²) in [5.74, 6) is 0. The van der Waals surface area contributed by atoms with Crippen LogP contribution in [0, 0.1) is 0 Å². The summed E-state index contributed by atoms with van der Waals surface area (Å²) >= 11 is 0. The molecular weight excluding hydrogens is 218 g/mol. The molecule has 1 fully saturated rings. The first-order valence-electron chi connectivity index (χ1n) is 5.89. The second-order valence-corrected chi connectivity index (χ2v) is 4.18. The highest BCUT2D eigenvalue weighted by molar-refractivity contribution is 5.68. The summed E-state index contributed by atoms with van der Waals surface area (Å²) in [6.07, 6.45) is 1.76. The molecule has 0 atom stereocenters. The molecule has 0 radical (unpaired) electrons. The maximum Gasteiger partial charge on any atom is 0.410 e. The predicted molar refractivity (Wildman–Crippen MR) is 63.4 cm³/mol. The topological polar surface area (TPSA) is 49.8 Å². The van der Waals surface area contributed by atoms with Crippen molar-refractivity contribution in [2.24, 2.45) is 0 Å². The van der Waals surface area contributed by atoms with Crippen molar-refractivity contribution in [2.45, 2.75) is 25.4 Å². The van der Waals surface area contributed by atoms with E-state index in [-0.39, 0.29) is 19.3 Å². The number of hydrogen-bond acceptors (Lipinski definition) is 3. The molecule has 1 aromatic rings. The number of aliphatic hydroxyl groups is 1. The van der Waals surface area contributed by atoms with Crippen LogP contribution in [0.25, 0.3) is 0 Å². The van der Waals surface area contributed by atoms with Crippen molar-refractivity contribution in [3.05, 3.63) is 35.9 Å². The summed E-state index contributed by atoms with van der Waals surface area (Å²) in [6.45, 7) is 0.516. The Morgan fingerprint density at radius 3 is 2.65 bits per heavy atom. The minimum Gasteiger partial charge on any atom is -0.447 e. The van der Waals surface area contributed by atoms with Crippen LogP contribution in [0.3, 0.4) is 0 Å². The molecule has 1 aromatic carbocycles. The molecule has 0 spiro atoms. The van der Waals surface area contributed by atoms with Crippen LogP contribution >= 0.6 is 0 Å². The second kappa shape index (κ2) is 5.68. The van der Waals surface area contributed by atoms with Gasteiger partial charge in [0.2, 0.25) is 0 Å². The third-order valence-corrected chi connectivity index (χ3v) is 2.73. The number of amides is 1. The second-order valence-electron chi connectivity index (χ2n) is 4.18. The first-order valence-corrected chi connectivity index (χ1v) is 5.89. The van der Waals surface area contributed by atoms with E-state index in [9.17, 15) is 4.79 Å². The van der Waals surface area contributed by atoms with E-state index < -0.39 is 0 Å². The van der Waals surface area contributed by atoms with E-state index in [0.717, 1.165) is 18.4 Å². The molecule has 1 aliphatic rings. The van der Waals surface area contributed by atoms with Crippen LogP contribution in [0.1, 0.15) is 18.4 Å². The Kier molecular flexibility index (Phi) is 3.98. The molecule has 0 heterocycles. The number of hydrogen-bond donors (Lipinski definition) is 1. The average molecular weight is 235 g/mol. The first-order chi connectivity index (χ1) is 8.31. The first kappa shape index (κ1) is 11.9. The van der Waals surface area contributed by atoms with Gasteiger partial charge in [0.05, 0.1) is 6.61 Å². The van der Waals surface area contributed by atoms with Crippen LogP contribution in [0.2, 0.25) is 0 Å². The highest BCUT2D eigenvalue weighted by atomic mass is 16.6. The zero-order valence-corrected chi connectivity index (χ0v) is 9.71. The number of benzene rings is 1. The highest BCUT2D eigenvalue weighted by Crippen LogP contribution is 2.28. The molecule has 1 N–H and O–H groups in total. The Balaban J connectivity index is 1.95. The van der Waals surface area contributed by atoms with E-state index in [2.05, 4.69) is 0 Å². The Bertz CT molecular complexity index is 362. The van der Waals surface area contributed by atoms with Crippen molar-refractivity contribution in [1.29, 1.82) is 0 Å². The lowest BCUT2D eigenvalue weighted by atomic mass is 10.2. The van der Waals surface area contributed by atoms with Gasteiger partial charge >= 0.3 is 6.09 Å². The molecule has 0 bridgehead atoms. The fourth-order valence-electron chi connectivity index (χ4n) is 1.72. The molecule has 0 unspecified atom stereocenters. The van der Waals surface area contributed by atoms with Gasteiger partial charge in [-0.15, -0.1) is 0 Å². The van der Waals surface area contributed by atoms with Gasteiger partial charge < -0.3 is 14.7 Å². The lowest BCUT2D eigenvalue weighted by Gasteiger charge is -2.21. The summed E-state index contributed by atoms with van der Waals surface area (Å²) in [6, 6.07) is 10.2. The quantitative estimate of drug-likeness (QED) is 0.846. The van der Waals surface area contributed by atoms with E-state index in [1.54, 1.807) is 4.90 Å². The molecular formula is C13H17NO3. The van der Waals surface area contributed by atoms with Crippen LogP contribution in [0.5, 0.6) is 0 Å². The lowest BCUT2D eigenvalue weighted by molar-refractivity contribution is 0.0797. The number of aliphatic hydroxyl groups excluding tert-OH is 1. The summed E-state index contributed by atoms with van der Waals surface area (Å²) in [4.78, 5) is 13.5. The van der Waals surface area contributed by atoms with E-state index >= 15 is 0 Å². The van der Waals surface area contributed by atoms with E-state index in [4.69, 9.17) is 9.84 Å². The Hall–Kier alpha value is -1.55. The monoisotopic (exact) mass is 235 g/mol. The molecule has 92 valence electrons. The zero-order chi connectivity index (χ0) is 12.1. The lowest BCUT2D eigenvalue weighted by Crippen LogP contribution is -2.33. The van der Waals surface area contributed by atoms with Crippen molar-refractivity contribution in [1.82, 2.24) is 4.90 Å². The van der Waals surface area contributed by atoms with Gasteiger partial charge in [0.25, 0.3) is 0 Å². The summed E-state index contributed by atoms with van der Waals surface area (Å²) in [5, 5.41) is 8.65. The Morgan fingerprint density at radius 1 is 1.35 bits per heavy atom. The van der Waals surface area contributed by atoms with Gasteiger partial charge in [-0.2, -0.15) is 0 Å². The van der Waals surface area contributed by atoms with Crippen LogP contribution < -0.4 is 0 Å².